The van der Waals surface area contributed by atoms with Gasteiger partial charge >= 0.3 is 5.97 Å². The lowest BCUT2D eigenvalue weighted by Gasteiger charge is -2.31. The molecule has 0 spiro atoms. The minimum atomic E-state index is -0.732. The summed E-state index contributed by atoms with van der Waals surface area (Å²) in [6.45, 7) is 2.21. The zero-order valence-corrected chi connectivity index (χ0v) is 11.6. The minimum Gasteiger partial charge on any atom is -0.497 e. The Balaban J connectivity index is 1.88. The first-order valence-electron chi connectivity index (χ1n) is 6.85. The van der Waals surface area contributed by atoms with E-state index < -0.39 is 5.97 Å². The number of halogens is 1. The number of hydrogen-bond acceptors (Lipinski definition) is 3. The average molecular weight is 281 g/mol. The van der Waals surface area contributed by atoms with Crippen LogP contribution in [0.3, 0.4) is 0 Å². The summed E-state index contributed by atoms with van der Waals surface area (Å²) >= 11 is 0. The molecule has 2 rings (SSSR count). The molecule has 0 atom stereocenters. The van der Waals surface area contributed by atoms with E-state index in [1.165, 1.54) is 13.2 Å². The van der Waals surface area contributed by atoms with Gasteiger partial charge in [0.2, 0.25) is 0 Å². The van der Waals surface area contributed by atoms with Crippen molar-refractivity contribution in [2.75, 3.05) is 20.2 Å². The number of piperidine rings is 1. The third-order valence-electron chi connectivity index (χ3n) is 3.82. The molecule has 1 heterocycles. The number of methoxy groups -OCH3 is 1. The van der Waals surface area contributed by atoms with Gasteiger partial charge < -0.3 is 9.84 Å². The van der Waals surface area contributed by atoms with E-state index in [2.05, 4.69) is 4.90 Å². The van der Waals surface area contributed by atoms with Crippen molar-refractivity contribution in [3.8, 4) is 5.75 Å². The highest BCUT2D eigenvalue weighted by Gasteiger charge is 2.21. The fourth-order valence-electron chi connectivity index (χ4n) is 2.62. The highest BCUT2D eigenvalue weighted by Crippen LogP contribution is 2.23. The molecule has 20 heavy (non-hydrogen) atoms. The first kappa shape index (κ1) is 14.8. The lowest BCUT2D eigenvalue weighted by molar-refractivity contribution is -0.138. The maximum Gasteiger partial charge on any atom is 0.303 e. The topological polar surface area (TPSA) is 49.8 Å². The predicted octanol–water partition coefficient (Wildman–Crippen LogP) is 2.52. The number of benzene rings is 1. The van der Waals surface area contributed by atoms with E-state index in [4.69, 9.17) is 9.84 Å². The van der Waals surface area contributed by atoms with Gasteiger partial charge in [-0.25, -0.2) is 4.39 Å². The van der Waals surface area contributed by atoms with Crippen molar-refractivity contribution in [1.29, 1.82) is 0 Å². The average Bonchev–Trinajstić information content (AvgIpc) is 2.42. The summed E-state index contributed by atoms with van der Waals surface area (Å²) in [4.78, 5) is 12.8. The van der Waals surface area contributed by atoms with Gasteiger partial charge in [-0.05, 0) is 37.9 Å². The molecule has 110 valence electrons. The van der Waals surface area contributed by atoms with Gasteiger partial charge in [0.05, 0.1) is 7.11 Å². The van der Waals surface area contributed by atoms with Crippen molar-refractivity contribution < 1.29 is 19.0 Å². The molecule has 1 aromatic rings. The Morgan fingerprint density at radius 3 is 2.70 bits per heavy atom. The zero-order chi connectivity index (χ0) is 14.5. The molecular formula is C15H20FNO3. The van der Waals surface area contributed by atoms with Crippen molar-refractivity contribution in [2.24, 2.45) is 5.92 Å². The highest BCUT2D eigenvalue weighted by molar-refractivity contribution is 5.67. The Bertz CT molecular complexity index is 470. The third kappa shape index (κ3) is 3.93. The Kier molecular flexibility index (Phi) is 4.95. The fraction of sp³-hybridized carbons (Fsp3) is 0.533. The number of carbonyl (C=O) groups is 1. The second-order valence-electron chi connectivity index (χ2n) is 5.27. The summed E-state index contributed by atoms with van der Waals surface area (Å²) in [6.07, 6.45) is 1.97. The van der Waals surface area contributed by atoms with Gasteiger partial charge in [0.1, 0.15) is 11.6 Å². The smallest absolute Gasteiger partial charge is 0.303 e. The molecule has 1 saturated heterocycles. The largest absolute Gasteiger partial charge is 0.497 e. The van der Waals surface area contributed by atoms with E-state index in [1.807, 2.05) is 0 Å². The van der Waals surface area contributed by atoms with Gasteiger partial charge in [-0.15, -0.1) is 0 Å². The second kappa shape index (κ2) is 6.70. The van der Waals surface area contributed by atoms with Crippen LogP contribution < -0.4 is 4.74 Å². The van der Waals surface area contributed by atoms with Crippen LogP contribution in [0.2, 0.25) is 0 Å². The minimum absolute atomic E-state index is 0.241. The lowest BCUT2D eigenvalue weighted by Crippen LogP contribution is -2.34. The number of carboxylic acids is 1. The summed E-state index contributed by atoms with van der Waals surface area (Å²) in [7, 11) is 1.52. The van der Waals surface area contributed by atoms with Gasteiger partial charge in [-0.1, -0.05) is 6.07 Å². The van der Waals surface area contributed by atoms with Crippen LogP contribution in [0.5, 0.6) is 5.75 Å². The van der Waals surface area contributed by atoms with Crippen molar-refractivity contribution >= 4 is 5.97 Å². The molecule has 1 aromatic carbocycles. The molecule has 1 N–H and O–H groups in total. The normalized spacial score (nSPS) is 17.1. The van der Waals surface area contributed by atoms with Crippen LogP contribution in [-0.2, 0) is 11.3 Å². The number of carboxylic acid groups (broad SMARTS) is 1. The third-order valence-corrected chi connectivity index (χ3v) is 3.82. The summed E-state index contributed by atoms with van der Waals surface area (Å²) < 4.78 is 18.8. The summed E-state index contributed by atoms with van der Waals surface area (Å²) in [5.74, 6) is -0.211. The van der Waals surface area contributed by atoms with Crippen LogP contribution in [0.4, 0.5) is 4.39 Å². The van der Waals surface area contributed by atoms with E-state index in [-0.39, 0.29) is 18.2 Å². The zero-order valence-electron chi connectivity index (χ0n) is 11.6. The Labute approximate surface area is 118 Å². The first-order valence-corrected chi connectivity index (χ1v) is 6.85. The molecule has 1 aliphatic rings. The molecule has 4 nitrogen and oxygen atoms in total. The molecule has 0 amide bonds. The molecule has 0 aromatic heterocycles. The van der Waals surface area contributed by atoms with Crippen molar-refractivity contribution in [2.45, 2.75) is 25.8 Å². The molecule has 1 fully saturated rings. The summed E-state index contributed by atoms with van der Waals surface area (Å²) in [5.41, 5.74) is 0.655. The van der Waals surface area contributed by atoms with E-state index in [9.17, 15) is 9.18 Å². The van der Waals surface area contributed by atoms with Gasteiger partial charge in [0.15, 0.2) is 0 Å². The molecule has 5 heteroatoms. The van der Waals surface area contributed by atoms with Gasteiger partial charge in [0, 0.05) is 24.6 Å². The Hall–Kier alpha value is -1.62. The van der Waals surface area contributed by atoms with Crippen LogP contribution in [-0.4, -0.2) is 36.2 Å². The standard InChI is InChI=1S/C15H20FNO3/c1-20-13-3-2-12(14(16)9-13)10-17-6-4-11(5-7-17)8-15(18)19/h2-3,9,11H,4-8,10H2,1H3,(H,18,19). The van der Waals surface area contributed by atoms with Crippen molar-refractivity contribution in [3.63, 3.8) is 0 Å². The van der Waals surface area contributed by atoms with Gasteiger partial charge in [-0.3, -0.25) is 9.69 Å². The molecular weight excluding hydrogens is 261 g/mol. The fourth-order valence-corrected chi connectivity index (χ4v) is 2.62. The van der Waals surface area contributed by atoms with E-state index in [1.54, 1.807) is 12.1 Å². The summed E-state index contributed by atoms with van der Waals surface area (Å²) in [6, 6.07) is 4.90. The SMILES string of the molecule is COc1ccc(CN2CCC(CC(=O)O)CC2)c(F)c1. The van der Waals surface area contributed by atoms with Gasteiger partial charge in [0.25, 0.3) is 0 Å². The van der Waals surface area contributed by atoms with E-state index >= 15 is 0 Å². The van der Waals surface area contributed by atoms with Crippen molar-refractivity contribution in [1.82, 2.24) is 4.90 Å². The van der Waals surface area contributed by atoms with Crippen LogP contribution in [0.1, 0.15) is 24.8 Å². The van der Waals surface area contributed by atoms with Crippen molar-refractivity contribution in [3.05, 3.63) is 29.6 Å². The Morgan fingerprint density at radius 2 is 2.15 bits per heavy atom. The second-order valence-corrected chi connectivity index (χ2v) is 5.27. The predicted molar refractivity (Wildman–Crippen MR) is 73.2 cm³/mol. The van der Waals surface area contributed by atoms with Crippen LogP contribution in [0.25, 0.3) is 0 Å². The molecule has 0 bridgehead atoms. The number of likely N-dealkylation sites (tertiary alicyclic amines) is 1. The maximum atomic E-state index is 13.9. The highest BCUT2D eigenvalue weighted by atomic mass is 19.1. The molecule has 1 aliphatic heterocycles. The van der Waals surface area contributed by atoms with E-state index in [0.29, 0.717) is 17.9 Å². The maximum absolute atomic E-state index is 13.9. The van der Waals surface area contributed by atoms with Gasteiger partial charge in [-0.2, -0.15) is 0 Å². The number of ether oxygens (including phenoxy) is 1. The number of rotatable bonds is 5. The number of hydrogen-bond donors (Lipinski definition) is 1. The van der Waals surface area contributed by atoms with Crippen LogP contribution >= 0.6 is 0 Å². The summed E-state index contributed by atoms with van der Waals surface area (Å²) in [5, 5.41) is 8.78. The first-order chi connectivity index (χ1) is 9.58. The molecule has 0 aliphatic carbocycles. The molecule has 0 saturated carbocycles. The van der Waals surface area contributed by atoms with Crippen LogP contribution in [0, 0.1) is 11.7 Å². The molecule has 0 unspecified atom stereocenters. The quantitative estimate of drug-likeness (QED) is 0.901. The number of aliphatic carboxylic acids is 1. The monoisotopic (exact) mass is 281 g/mol. The van der Waals surface area contributed by atoms with E-state index in [0.717, 1.165) is 25.9 Å². The molecule has 0 radical (unpaired) electrons. The number of nitrogens with zero attached hydrogens (tertiary/aromatic N) is 1. The van der Waals surface area contributed by atoms with Crippen LogP contribution in [0.15, 0.2) is 18.2 Å². The lowest BCUT2D eigenvalue weighted by atomic mass is 9.93. The Morgan fingerprint density at radius 1 is 1.45 bits per heavy atom.